The van der Waals surface area contributed by atoms with Crippen LogP contribution < -0.4 is 9.86 Å². The van der Waals surface area contributed by atoms with Crippen molar-refractivity contribution in [3.05, 3.63) is 0 Å². The van der Waals surface area contributed by atoms with Crippen molar-refractivity contribution < 1.29 is 16.8 Å². The molecule has 0 radical (unpaired) electrons. The van der Waals surface area contributed by atoms with Gasteiger partial charge in [-0.05, 0) is 27.2 Å². The second-order valence-corrected chi connectivity index (χ2v) is 7.98. The smallest absolute Gasteiger partial charge is 0.213 e. The van der Waals surface area contributed by atoms with Gasteiger partial charge in [0.1, 0.15) is 0 Å². The molecule has 0 saturated heterocycles. The van der Waals surface area contributed by atoms with Crippen LogP contribution in [-0.2, 0) is 20.0 Å². The first kappa shape index (κ1) is 14.8. The second-order valence-electron chi connectivity index (χ2n) is 3.68. The molecule has 1 unspecified atom stereocenters. The van der Waals surface area contributed by atoms with Gasteiger partial charge in [-0.3, -0.25) is 0 Å². The molecule has 15 heavy (non-hydrogen) atoms. The van der Waals surface area contributed by atoms with E-state index in [2.05, 4.69) is 4.72 Å². The van der Waals surface area contributed by atoms with E-state index in [1.807, 2.05) is 0 Å². The zero-order chi connectivity index (χ0) is 12.3. The Balaban J connectivity index is 4.13. The van der Waals surface area contributed by atoms with Gasteiger partial charge in [0.05, 0.1) is 10.5 Å². The van der Waals surface area contributed by atoms with Crippen LogP contribution in [0.25, 0.3) is 0 Å². The molecule has 0 aromatic rings. The van der Waals surface area contributed by atoms with Crippen molar-refractivity contribution >= 4 is 20.0 Å². The highest BCUT2D eigenvalue weighted by Gasteiger charge is 2.18. The van der Waals surface area contributed by atoms with Gasteiger partial charge in [-0.25, -0.2) is 26.7 Å². The summed E-state index contributed by atoms with van der Waals surface area (Å²) in [6.07, 6.45) is 0.171. The average Bonchev–Trinajstić information content (AvgIpc) is 2.01. The number of hydrogen-bond acceptors (Lipinski definition) is 4. The Morgan fingerprint density at radius 3 is 1.93 bits per heavy atom. The number of sulfonamides is 2. The zero-order valence-electron chi connectivity index (χ0n) is 9.10. The Labute approximate surface area is 91.3 Å². The maximum Gasteiger partial charge on any atom is 0.213 e. The molecule has 0 fully saturated rings. The lowest BCUT2D eigenvalue weighted by Crippen LogP contribution is -2.35. The van der Waals surface area contributed by atoms with Crippen molar-refractivity contribution in [1.82, 2.24) is 4.72 Å². The van der Waals surface area contributed by atoms with Gasteiger partial charge in [0.2, 0.25) is 20.0 Å². The van der Waals surface area contributed by atoms with Gasteiger partial charge in [0.25, 0.3) is 0 Å². The van der Waals surface area contributed by atoms with E-state index in [1.165, 1.54) is 6.92 Å². The molecular weight excluding hydrogens is 240 g/mol. The molecule has 0 aliphatic heterocycles. The highest BCUT2D eigenvalue weighted by molar-refractivity contribution is 7.90. The lowest BCUT2D eigenvalue weighted by atomic mass is 10.3. The Morgan fingerprint density at radius 2 is 1.60 bits per heavy atom. The lowest BCUT2D eigenvalue weighted by molar-refractivity contribution is 0.560. The summed E-state index contributed by atoms with van der Waals surface area (Å²) in [6.45, 7) is 4.62. The topological polar surface area (TPSA) is 106 Å². The number of primary sulfonamides is 1. The minimum Gasteiger partial charge on any atom is -0.228 e. The van der Waals surface area contributed by atoms with Gasteiger partial charge in [-0.1, -0.05) is 0 Å². The number of nitrogens with two attached hydrogens (primary N) is 1. The molecular formula is C7H18N2O4S2. The van der Waals surface area contributed by atoms with E-state index in [0.29, 0.717) is 0 Å². The maximum atomic E-state index is 11.3. The van der Waals surface area contributed by atoms with E-state index in [-0.39, 0.29) is 13.0 Å². The third-order valence-electron chi connectivity index (χ3n) is 2.04. The molecule has 0 rings (SSSR count). The van der Waals surface area contributed by atoms with Crippen molar-refractivity contribution in [2.24, 2.45) is 5.14 Å². The molecule has 92 valence electrons. The molecule has 0 aliphatic carbocycles. The molecule has 0 spiro atoms. The molecule has 3 N–H and O–H groups in total. The first-order chi connectivity index (χ1) is 6.57. The van der Waals surface area contributed by atoms with Crippen LogP contribution >= 0.6 is 0 Å². The summed E-state index contributed by atoms with van der Waals surface area (Å²) in [5.74, 6) is 0. The third kappa shape index (κ3) is 5.45. The van der Waals surface area contributed by atoms with Crippen LogP contribution in [0, 0.1) is 0 Å². The number of nitrogens with one attached hydrogen (secondary N) is 1. The summed E-state index contributed by atoms with van der Waals surface area (Å²) in [7, 11) is -6.90. The summed E-state index contributed by atoms with van der Waals surface area (Å²) < 4.78 is 46.5. The van der Waals surface area contributed by atoms with Crippen molar-refractivity contribution in [2.45, 2.75) is 37.7 Å². The first-order valence-corrected chi connectivity index (χ1v) is 7.73. The zero-order valence-corrected chi connectivity index (χ0v) is 10.7. The Hall–Kier alpha value is -0.180. The van der Waals surface area contributed by atoms with E-state index in [1.54, 1.807) is 13.8 Å². The summed E-state index contributed by atoms with van der Waals surface area (Å²) in [5.41, 5.74) is 0. The van der Waals surface area contributed by atoms with Gasteiger partial charge in [-0.15, -0.1) is 0 Å². The van der Waals surface area contributed by atoms with E-state index in [9.17, 15) is 16.8 Å². The molecule has 8 heteroatoms. The van der Waals surface area contributed by atoms with Crippen molar-refractivity contribution in [1.29, 1.82) is 0 Å². The number of rotatable bonds is 6. The summed E-state index contributed by atoms with van der Waals surface area (Å²) in [6, 6.07) is 0. The van der Waals surface area contributed by atoms with Gasteiger partial charge in [-0.2, -0.15) is 0 Å². The molecule has 0 bridgehead atoms. The Kier molecular flexibility index (Phi) is 5.18. The minimum atomic E-state index is -3.58. The van der Waals surface area contributed by atoms with Gasteiger partial charge < -0.3 is 0 Å². The molecule has 0 aromatic heterocycles. The van der Waals surface area contributed by atoms with Crippen molar-refractivity contribution in [2.75, 3.05) is 6.54 Å². The van der Waals surface area contributed by atoms with E-state index in [0.717, 1.165) is 0 Å². The van der Waals surface area contributed by atoms with E-state index in [4.69, 9.17) is 5.14 Å². The molecule has 0 heterocycles. The fraction of sp³-hybridized carbons (Fsp3) is 1.00. The molecule has 0 amide bonds. The maximum absolute atomic E-state index is 11.3. The van der Waals surface area contributed by atoms with Crippen LogP contribution in [0.3, 0.4) is 0 Å². The predicted molar refractivity (Wildman–Crippen MR) is 59.2 cm³/mol. The van der Waals surface area contributed by atoms with Crippen LogP contribution in [-0.4, -0.2) is 33.9 Å². The fourth-order valence-corrected chi connectivity index (χ4v) is 1.92. The SMILES string of the molecule is CC(CCNS(=O)(=O)C(C)C)S(N)(=O)=O. The summed E-state index contributed by atoms with van der Waals surface area (Å²) in [5, 5.41) is 3.61. The number of hydrogen-bond donors (Lipinski definition) is 2. The summed E-state index contributed by atoms with van der Waals surface area (Å²) in [4.78, 5) is 0. The minimum absolute atomic E-state index is 0.0815. The monoisotopic (exact) mass is 258 g/mol. The standard InChI is InChI=1S/C7H18N2O4S2/c1-6(2)15(12,13)9-5-4-7(3)14(8,10)11/h6-7,9H,4-5H2,1-3H3,(H2,8,10,11). The second kappa shape index (κ2) is 5.24. The van der Waals surface area contributed by atoms with E-state index < -0.39 is 30.5 Å². The molecule has 0 saturated carbocycles. The van der Waals surface area contributed by atoms with Gasteiger partial charge in [0, 0.05) is 6.54 Å². The molecule has 1 atom stereocenters. The lowest BCUT2D eigenvalue weighted by Gasteiger charge is -2.11. The van der Waals surface area contributed by atoms with Crippen LogP contribution in [0.1, 0.15) is 27.2 Å². The van der Waals surface area contributed by atoms with Gasteiger partial charge in [0.15, 0.2) is 0 Å². The highest BCUT2D eigenvalue weighted by atomic mass is 32.2. The average molecular weight is 258 g/mol. The quantitative estimate of drug-likeness (QED) is 0.662. The van der Waals surface area contributed by atoms with Crippen LogP contribution in [0.2, 0.25) is 0 Å². The van der Waals surface area contributed by atoms with Crippen LogP contribution in [0.4, 0.5) is 0 Å². The molecule has 0 aromatic carbocycles. The molecule has 0 aliphatic rings. The van der Waals surface area contributed by atoms with Crippen molar-refractivity contribution in [3.63, 3.8) is 0 Å². The molecule has 6 nitrogen and oxygen atoms in total. The van der Waals surface area contributed by atoms with Crippen LogP contribution in [0.5, 0.6) is 0 Å². The first-order valence-electron chi connectivity index (χ1n) is 4.57. The van der Waals surface area contributed by atoms with Crippen molar-refractivity contribution in [3.8, 4) is 0 Å². The third-order valence-corrected chi connectivity index (χ3v) is 5.24. The fourth-order valence-electron chi connectivity index (χ4n) is 0.735. The van der Waals surface area contributed by atoms with E-state index >= 15 is 0 Å². The van der Waals surface area contributed by atoms with Gasteiger partial charge >= 0.3 is 0 Å². The summed E-state index contributed by atoms with van der Waals surface area (Å²) >= 11 is 0. The predicted octanol–water partition coefficient (Wildman–Crippen LogP) is -0.619. The highest BCUT2D eigenvalue weighted by Crippen LogP contribution is 2.01. The Bertz CT molecular complexity index is 385. The normalized spacial score (nSPS) is 15.5. The largest absolute Gasteiger partial charge is 0.228 e. The van der Waals surface area contributed by atoms with Crippen LogP contribution in [0.15, 0.2) is 0 Å². The Morgan fingerprint density at radius 1 is 1.13 bits per heavy atom.